The van der Waals surface area contributed by atoms with E-state index in [9.17, 15) is 5.53 Å². The Kier molecular flexibility index (Phi) is 20.5. The minimum absolute atomic E-state index is 1.02. The summed E-state index contributed by atoms with van der Waals surface area (Å²) in [5.74, 6) is 0. The first-order valence-electron chi connectivity index (χ1n) is 20.8. The maximum Gasteiger partial charge on any atom is 0.211 e. The minimum atomic E-state index is 1.02. The van der Waals surface area contributed by atoms with Gasteiger partial charge in [-0.2, -0.15) is 0 Å². The maximum absolute atomic E-state index is 12.0. The van der Waals surface area contributed by atoms with Crippen LogP contribution in [0.25, 0.3) is 16.9 Å². The van der Waals surface area contributed by atoms with Crippen LogP contribution in [0.4, 0.5) is 0 Å². The Balaban J connectivity index is 1.59. The molecule has 0 unspecified atom stereocenters. The molecule has 266 valence electrons. The van der Waals surface area contributed by atoms with E-state index in [-0.39, 0.29) is 0 Å². The van der Waals surface area contributed by atoms with Crippen molar-refractivity contribution in [1.82, 2.24) is 0 Å². The lowest BCUT2D eigenvalue weighted by Crippen LogP contribution is -2.03. The Labute approximate surface area is 297 Å². The molecular weight excluding hydrogens is 581 g/mol. The zero-order valence-electron chi connectivity index (χ0n) is 31.9. The van der Waals surface area contributed by atoms with Gasteiger partial charge >= 0.3 is 0 Å². The highest BCUT2D eigenvalue weighted by atomic mass is 15.2. The van der Waals surface area contributed by atoms with E-state index in [1.807, 2.05) is 0 Å². The van der Waals surface area contributed by atoms with Crippen molar-refractivity contribution < 1.29 is 4.70 Å². The number of unbranched alkanes of at least 4 members (excludes halogenated alkanes) is 18. The summed E-state index contributed by atoms with van der Waals surface area (Å²) in [5.41, 5.74) is 22.0. The molecule has 2 nitrogen and oxygen atoms in total. The van der Waals surface area contributed by atoms with Crippen LogP contribution in [0, 0.1) is 0 Å². The highest BCUT2D eigenvalue weighted by Crippen LogP contribution is 2.44. The van der Waals surface area contributed by atoms with Crippen molar-refractivity contribution in [2.24, 2.45) is 0 Å². The van der Waals surface area contributed by atoms with Gasteiger partial charge in [-0.05, 0) is 86.8 Å². The number of rotatable bonds is 28. The number of aryl methyl sites for hydroxylation is 2. The van der Waals surface area contributed by atoms with Crippen molar-refractivity contribution in [3.05, 3.63) is 87.5 Å². The van der Waals surface area contributed by atoms with E-state index in [1.54, 1.807) is 4.70 Å². The molecule has 0 saturated carbocycles. The van der Waals surface area contributed by atoms with Gasteiger partial charge in [-0.3, -0.25) is 0 Å². The number of hydrogen-bond donors (Lipinski definition) is 0. The first-order chi connectivity index (χ1) is 23.6. The Morgan fingerprint density at radius 1 is 0.396 bits per heavy atom. The lowest BCUT2D eigenvalue weighted by atomic mass is 9.91. The van der Waals surface area contributed by atoms with Crippen molar-refractivity contribution in [3.8, 4) is 0 Å². The van der Waals surface area contributed by atoms with E-state index in [0.29, 0.717) is 0 Å². The van der Waals surface area contributed by atoms with Crippen LogP contribution < -0.4 is 0 Å². The summed E-state index contributed by atoms with van der Waals surface area (Å²) in [7, 11) is 0. The summed E-state index contributed by atoms with van der Waals surface area (Å²) >= 11 is 0. The molecule has 1 heterocycles. The van der Waals surface area contributed by atoms with Gasteiger partial charge in [0.2, 0.25) is 11.4 Å². The van der Waals surface area contributed by atoms with E-state index in [2.05, 4.69) is 76.2 Å². The molecule has 0 aliphatic carbocycles. The molecule has 1 aliphatic rings. The zero-order chi connectivity index (χ0) is 34.2. The van der Waals surface area contributed by atoms with Crippen LogP contribution in [0.15, 0.2) is 59.7 Å². The zero-order valence-corrected chi connectivity index (χ0v) is 31.9. The summed E-state index contributed by atoms with van der Waals surface area (Å²) in [6, 6.07) is 18.1. The van der Waals surface area contributed by atoms with Gasteiger partial charge < -0.3 is 5.53 Å². The van der Waals surface area contributed by atoms with Crippen LogP contribution in [0.2, 0.25) is 0 Å². The molecule has 0 spiro atoms. The predicted molar refractivity (Wildman–Crippen MR) is 211 cm³/mol. The van der Waals surface area contributed by atoms with Crippen LogP contribution in [-0.2, 0) is 12.8 Å². The lowest BCUT2D eigenvalue weighted by molar-refractivity contribution is -0.345. The standard InChI is InChI=1S/C46H72N2/c1-5-9-13-14-15-16-17-18-19-20-21-22-23-24-26-30-40-32-28-34-42(38-40)46-44(36-25-10-6-2)43(35-12-8-4)45(48(46)47)41-33-27-31-39(37-41)29-11-7-3/h27-28,31-34,37-38H,5-26,29-30,35-36H2,1-4H3. The van der Waals surface area contributed by atoms with Gasteiger partial charge in [0.25, 0.3) is 0 Å². The molecular formula is C46H72N2. The third-order valence-corrected chi connectivity index (χ3v) is 10.5. The second-order valence-electron chi connectivity index (χ2n) is 14.7. The third kappa shape index (κ3) is 13.8. The Hall–Kier alpha value is -2.48. The molecule has 2 aromatic carbocycles. The molecule has 3 rings (SSSR count). The molecule has 1 aliphatic heterocycles. The van der Waals surface area contributed by atoms with Crippen molar-refractivity contribution in [2.45, 2.75) is 195 Å². The number of allylic oxidation sites excluding steroid dienone is 2. The van der Waals surface area contributed by atoms with Gasteiger partial charge in [-0.1, -0.05) is 168 Å². The van der Waals surface area contributed by atoms with Gasteiger partial charge in [-0.25, -0.2) is 4.70 Å². The van der Waals surface area contributed by atoms with E-state index >= 15 is 0 Å². The Morgan fingerprint density at radius 2 is 0.729 bits per heavy atom. The normalized spacial score (nSPS) is 13.4. The van der Waals surface area contributed by atoms with E-state index in [4.69, 9.17) is 0 Å². The van der Waals surface area contributed by atoms with Gasteiger partial charge in [0.15, 0.2) is 0 Å². The van der Waals surface area contributed by atoms with Crippen molar-refractivity contribution >= 4 is 11.4 Å². The Bertz CT molecular complexity index is 1250. The van der Waals surface area contributed by atoms with E-state index < -0.39 is 0 Å². The van der Waals surface area contributed by atoms with Gasteiger partial charge in [0.1, 0.15) is 0 Å². The van der Waals surface area contributed by atoms with Crippen molar-refractivity contribution in [1.29, 1.82) is 0 Å². The van der Waals surface area contributed by atoms with Gasteiger partial charge in [-0.15, -0.1) is 0 Å². The number of hydrogen-bond acceptors (Lipinski definition) is 0. The first kappa shape index (κ1) is 40.0. The predicted octanol–water partition coefficient (Wildman–Crippen LogP) is 15.4. The maximum atomic E-state index is 12.0. The van der Waals surface area contributed by atoms with Crippen LogP contribution in [0.5, 0.6) is 0 Å². The largest absolute Gasteiger partial charge is 0.493 e. The summed E-state index contributed by atoms with van der Waals surface area (Å²) in [5, 5.41) is 0. The van der Waals surface area contributed by atoms with Crippen LogP contribution in [0.3, 0.4) is 0 Å². The molecule has 48 heavy (non-hydrogen) atoms. The highest BCUT2D eigenvalue weighted by molar-refractivity contribution is 5.82. The fourth-order valence-electron chi connectivity index (χ4n) is 7.52. The third-order valence-electron chi connectivity index (χ3n) is 10.5. The number of benzene rings is 2. The fourth-order valence-corrected chi connectivity index (χ4v) is 7.52. The van der Waals surface area contributed by atoms with Crippen molar-refractivity contribution in [3.63, 3.8) is 0 Å². The smallest absolute Gasteiger partial charge is 0.211 e. The van der Waals surface area contributed by atoms with Gasteiger partial charge in [0.05, 0.1) is 0 Å². The van der Waals surface area contributed by atoms with Gasteiger partial charge in [0, 0.05) is 22.3 Å². The second kappa shape index (κ2) is 24.6. The van der Waals surface area contributed by atoms with E-state index in [0.717, 1.165) is 55.5 Å². The molecule has 2 aromatic rings. The molecule has 0 bridgehead atoms. The summed E-state index contributed by atoms with van der Waals surface area (Å²) in [4.78, 5) is 0. The average Bonchev–Trinajstić information content (AvgIpc) is 3.38. The molecule has 0 radical (unpaired) electrons. The molecule has 0 N–H and O–H groups in total. The SMILES string of the molecule is CCCCCCCCCCCCCCCCCc1cccc(C2=C(CCCCC)C(CCCC)=C(c3cccc(CCCC)c3)[N+]2=[N-])c1. The molecule has 2 heteroatoms. The second-order valence-corrected chi connectivity index (χ2v) is 14.7. The topological polar surface area (TPSA) is 25.3 Å². The Morgan fingerprint density at radius 3 is 1.19 bits per heavy atom. The molecule has 0 amide bonds. The average molecular weight is 653 g/mol. The monoisotopic (exact) mass is 653 g/mol. The van der Waals surface area contributed by atoms with Crippen LogP contribution in [-0.4, -0.2) is 4.70 Å². The fraction of sp³-hybridized carbons (Fsp3) is 0.652. The van der Waals surface area contributed by atoms with E-state index in [1.165, 1.54) is 156 Å². The molecule has 0 aromatic heterocycles. The quantitative estimate of drug-likeness (QED) is 0.0646. The van der Waals surface area contributed by atoms with Crippen molar-refractivity contribution in [2.75, 3.05) is 0 Å². The number of nitrogens with zero attached hydrogens (tertiary/aromatic N) is 2. The highest BCUT2D eigenvalue weighted by Gasteiger charge is 2.35. The van der Waals surface area contributed by atoms with Crippen LogP contribution in [0.1, 0.15) is 204 Å². The lowest BCUT2D eigenvalue weighted by Gasteiger charge is -2.12. The molecule has 0 fully saturated rings. The minimum Gasteiger partial charge on any atom is -0.493 e. The summed E-state index contributed by atoms with van der Waals surface area (Å²) in [6.45, 7) is 9.12. The summed E-state index contributed by atoms with van der Waals surface area (Å²) in [6.07, 6.45) is 33.6. The summed E-state index contributed by atoms with van der Waals surface area (Å²) < 4.78 is 1.58. The molecule has 0 atom stereocenters. The molecule has 0 saturated heterocycles. The van der Waals surface area contributed by atoms with Crippen LogP contribution >= 0.6 is 0 Å². The first-order valence-corrected chi connectivity index (χ1v) is 20.8.